The fraction of sp³-hybridized carbons (Fsp3) is 0.0625. The van der Waals surface area contributed by atoms with Crippen molar-refractivity contribution in [3.63, 3.8) is 0 Å². The summed E-state index contributed by atoms with van der Waals surface area (Å²) in [6, 6.07) is 15.6. The standard InChI is InChI=1S/C16H16N4O3S/c1-23-13-6-2-11(3-7-13)15-10-16(20-19-15)18-12-4-8-14(9-5-12)24(17,21)22/h2-10H,1H3,(H2,17,21,22)(H2,18,19,20). The van der Waals surface area contributed by atoms with Gasteiger partial charge in [-0.1, -0.05) is 0 Å². The Morgan fingerprint density at radius 1 is 1.08 bits per heavy atom. The summed E-state index contributed by atoms with van der Waals surface area (Å²) in [4.78, 5) is 0.0639. The molecule has 2 aromatic carbocycles. The molecule has 24 heavy (non-hydrogen) atoms. The number of sulfonamides is 1. The Kier molecular flexibility index (Phi) is 4.24. The number of hydrogen-bond acceptors (Lipinski definition) is 5. The summed E-state index contributed by atoms with van der Waals surface area (Å²) >= 11 is 0. The predicted octanol–water partition coefficient (Wildman–Crippen LogP) is 2.48. The van der Waals surface area contributed by atoms with E-state index >= 15 is 0 Å². The lowest BCUT2D eigenvalue weighted by Crippen LogP contribution is -2.11. The molecule has 0 unspecified atom stereocenters. The Bertz CT molecular complexity index is 932. The van der Waals surface area contributed by atoms with Crippen LogP contribution in [0.15, 0.2) is 59.5 Å². The Balaban J connectivity index is 1.76. The summed E-state index contributed by atoms with van der Waals surface area (Å²) in [7, 11) is -2.07. The molecule has 0 aliphatic heterocycles. The molecule has 0 saturated carbocycles. The molecule has 7 nitrogen and oxygen atoms in total. The second-order valence-corrected chi connectivity index (χ2v) is 6.65. The van der Waals surface area contributed by atoms with Crippen molar-refractivity contribution >= 4 is 21.5 Å². The van der Waals surface area contributed by atoms with E-state index in [2.05, 4.69) is 15.5 Å². The van der Waals surface area contributed by atoms with E-state index in [1.54, 1.807) is 19.2 Å². The highest BCUT2D eigenvalue weighted by molar-refractivity contribution is 7.89. The first-order valence-corrected chi connectivity index (χ1v) is 8.60. The molecule has 0 atom stereocenters. The van der Waals surface area contributed by atoms with Crippen LogP contribution in [0.1, 0.15) is 0 Å². The molecular weight excluding hydrogens is 328 g/mol. The van der Waals surface area contributed by atoms with E-state index in [9.17, 15) is 8.42 Å². The van der Waals surface area contributed by atoms with E-state index in [-0.39, 0.29) is 4.90 Å². The molecule has 3 aromatic rings. The Labute approximate surface area is 139 Å². The van der Waals surface area contributed by atoms with Crippen molar-refractivity contribution in [2.45, 2.75) is 4.90 Å². The van der Waals surface area contributed by atoms with Gasteiger partial charge in [0.2, 0.25) is 10.0 Å². The third kappa shape index (κ3) is 3.55. The molecule has 0 fully saturated rings. The summed E-state index contributed by atoms with van der Waals surface area (Å²) in [5, 5.41) is 15.3. The maximum Gasteiger partial charge on any atom is 0.238 e. The minimum atomic E-state index is -3.69. The lowest BCUT2D eigenvalue weighted by molar-refractivity contribution is 0.415. The maximum absolute atomic E-state index is 11.2. The molecule has 0 aliphatic rings. The van der Waals surface area contributed by atoms with Gasteiger partial charge >= 0.3 is 0 Å². The van der Waals surface area contributed by atoms with Crippen LogP contribution in [0.25, 0.3) is 11.3 Å². The Morgan fingerprint density at radius 2 is 1.75 bits per heavy atom. The van der Waals surface area contributed by atoms with Gasteiger partial charge in [-0.2, -0.15) is 5.10 Å². The topological polar surface area (TPSA) is 110 Å². The van der Waals surface area contributed by atoms with E-state index in [0.29, 0.717) is 11.5 Å². The predicted molar refractivity (Wildman–Crippen MR) is 91.7 cm³/mol. The third-order valence-electron chi connectivity index (χ3n) is 3.43. The van der Waals surface area contributed by atoms with Crippen molar-refractivity contribution in [2.75, 3.05) is 12.4 Å². The maximum atomic E-state index is 11.2. The van der Waals surface area contributed by atoms with Crippen molar-refractivity contribution < 1.29 is 13.2 Å². The first-order valence-electron chi connectivity index (χ1n) is 7.05. The van der Waals surface area contributed by atoms with Gasteiger partial charge in [0.1, 0.15) is 5.75 Å². The average Bonchev–Trinajstić information content (AvgIpc) is 3.03. The first kappa shape index (κ1) is 16.0. The first-order chi connectivity index (χ1) is 11.5. The van der Waals surface area contributed by atoms with Crippen molar-refractivity contribution in [1.29, 1.82) is 0 Å². The lowest BCUT2D eigenvalue weighted by atomic mass is 10.1. The van der Waals surface area contributed by atoms with Crippen LogP contribution in [0.3, 0.4) is 0 Å². The molecule has 0 radical (unpaired) electrons. The molecule has 0 amide bonds. The minimum absolute atomic E-state index is 0.0639. The Morgan fingerprint density at radius 3 is 2.33 bits per heavy atom. The second kappa shape index (κ2) is 6.34. The van der Waals surface area contributed by atoms with Gasteiger partial charge in [-0.15, -0.1) is 0 Å². The summed E-state index contributed by atoms with van der Waals surface area (Å²) in [6.45, 7) is 0. The number of aromatic amines is 1. The highest BCUT2D eigenvalue weighted by Gasteiger charge is 2.08. The van der Waals surface area contributed by atoms with Crippen LogP contribution in [0.2, 0.25) is 0 Å². The number of hydrogen-bond donors (Lipinski definition) is 3. The number of nitrogens with zero attached hydrogens (tertiary/aromatic N) is 1. The summed E-state index contributed by atoms with van der Waals surface area (Å²) in [6.07, 6.45) is 0. The van der Waals surface area contributed by atoms with E-state index in [1.165, 1.54) is 12.1 Å². The monoisotopic (exact) mass is 344 g/mol. The molecule has 1 aromatic heterocycles. The van der Waals surface area contributed by atoms with Crippen LogP contribution in [-0.2, 0) is 10.0 Å². The van der Waals surface area contributed by atoms with Crippen LogP contribution in [0.5, 0.6) is 5.75 Å². The average molecular weight is 344 g/mol. The number of H-pyrrole nitrogens is 1. The van der Waals surface area contributed by atoms with Crippen LogP contribution in [-0.4, -0.2) is 25.7 Å². The van der Waals surface area contributed by atoms with Crippen molar-refractivity contribution in [1.82, 2.24) is 10.2 Å². The summed E-state index contributed by atoms with van der Waals surface area (Å²) in [5.41, 5.74) is 2.53. The number of rotatable bonds is 5. The number of methoxy groups -OCH3 is 1. The lowest BCUT2D eigenvalue weighted by Gasteiger charge is -2.03. The van der Waals surface area contributed by atoms with Crippen LogP contribution >= 0.6 is 0 Å². The molecule has 0 bridgehead atoms. The van der Waals surface area contributed by atoms with Gasteiger partial charge in [-0.3, -0.25) is 5.10 Å². The molecule has 3 rings (SSSR count). The number of nitrogens with one attached hydrogen (secondary N) is 2. The Hall–Kier alpha value is -2.84. The molecule has 0 spiro atoms. The van der Waals surface area contributed by atoms with Crippen molar-refractivity contribution in [3.05, 3.63) is 54.6 Å². The zero-order valence-electron chi connectivity index (χ0n) is 12.9. The fourth-order valence-electron chi connectivity index (χ4n) is 2.18. The zero-order valence-corrected chi connectivity index (χ0v) is 13.7. The number of ether oxygens (including phenoxy) is 1. The largest absolute Gasteiger partial charge is 0.497 e. The summed E-state index contributed by atoms with van der Waals surface area (Å²) < 4.78 is 27.6. The third-order valence-corrected chi connectivity index (χ3v) is 4.36. The normalized spacial score (nSPS) is 11.2. The number of nitrogens with two attached hydrogens (primary N) is 1. The van der Waals surface area contributed by atoms with Gasteiger partial charge in [0.05, 0.1) is 17.7 Å². The molecule has 0 aliphatic carbocycles. The molecule has 0 saturated heterocycles. The van der Waals surface area contributed by atoms with Gasteiger partial charge < -0.3 is 10.1 Å². The van der Waals surface area contributed by atoms with Gasteiger partial charge in [-0.25, -0.2) is 13.6 Å². The zero-order chi connectivity index (χ0) is 17.2. The number of anilines is 2. The van der Waals surface area contributed by atoms with Crippen molar-refractivity contribution in [2.24, 2.45) is 5.14 Å². The minimum Gasteiger partial charge on any atom is -0.497 e. The van der Waals surface area contributed by atoms with Crippen LogP contribution < -0.4 is 15.2 Å². The van der Waals surface area contributed by atoms with Gasteiger partial charge in [0, 0.05) is 11.8 Å². The molecule has 8 heteroatoms. The number of aromatic nitrogens is 2. The van der Waals surface area contributed by atoms with E-state index in [0.717, 1.165) is 17.0 Å². The van der Waals surface area contributed by atoms with E-state index in [4.69, 9.17) is 9.88 Å². The van der Waals surface area contributed by atoms with Gasteiger partial charge in [-0.05, 0) is 54.1 Å². The van der Waals surface area contributed by atoms with Crippen molar-refractivity contribution in [3.8, 4) is 17.0 Å². The van der Waals surface area contributed by atoms with E-state index in [1.807, 2.05) is 30.3 Å². The molecule has 124 valence electrons. The smallest absolute Gasteiger partial charge is 0.238 e. The number of primary sulfonamides is 1. The SMILES string of the molecule is COc1ccc(-c2cc(Nc3ccc(S(N)(=O)=O)cc3)n[nH]2)cc1. The molecule has 1 heterocycles. The molecule has 4 N–H and O–H groups in total. The van der Waals surface area contributed by atoms with Gasteiger partial charge in [0.15, 0.2) is 5.82 Å². The van der Waals surface area contributed by atoms with Gasteiger partial charge in [0.25, 0.3) is 0 Å². The fourth-order valence-corrected chi connectivity index (χ4v) is 2.70. The highest BCUT2D eigenvalue weighted by atomic mass is 32.2. The molecular formula is C16H16N4O3S. The quantitative estimate of drug-likeness (QED) is 0.658. The number of benzene rings is 2. The van der Waals surface area contributed by atoms with Crippen LogP contribution in [0.4, 0.5) is 11.5 Å². The van der Waals surface area contributed by atoms with Crippen LogP contribution in [0, 0.1) is 0 Å². The summed E-state index contributed by atoms with van der Waals surface area (Å²) in [5.74, 6) is 1.40. The van der Waals surface area contributed by atoms with E-state index < -0.39 is 10.0 Å². The highest BCUT2D eigenvalue weighted by Crippen LogP contribution is 2.24. The second-order valence-electron chi connectivity index (χ2n) is 5.09.